The van der Waals surface area contributed by atoms with E-state index in [-0.39, 0.29) is 0 Å². The van der Waals surface area contributed by atoms with Crippen molar-refractivity contribution < 1.29 is 10.5 Å². The molecule has 0 saturated heterocycles. The Morgan fingerprint density at radius 3 is 1.40 bits per heavy atom. The Kier molecular flexibility index (Phi) is 4.54. The fraction of sp³-hybridized carbons (Fsp3) is 0.250. The van der Waals surface area contributed by atoms with Crippen molar-refractivity contribution in [1.29, 1.82) is 0 Å². The Labute approximate surface area is 60.7 Å². The van der Waals surface area contributed by atoms with E-state index in [2.05, 4.69) is 38.1 Å². The molecule has 0 atom stereocenters. The smallest absolute Gasteiger partial charge is 0.0395 e. The van der Waals surface area contributed by atoms with Crippen molar-refractivity contribution in [3.8, 4) is 0 Å². The second kappa shape index (κ2) is 4.97. The largest absolute Gasteiger partial charge is 0.255 e. The average molecular weight is 140 g/mol. The molecule has 1 rings (SSSR count). The van der Waals surface area contributed by atoms with Gasteiger partial charge in [-0.15, -0.1) is 0 Å². The van der Waals surface area contributed by atoms with E-state index < -0.39 is 0 Å². The van der Waals surface area contributed by atoms with Crippen molar-refractivity contribution in [2.24, 2.45) is 0 Å². The third-order valence-corrected chi connectivity index (χ3v) is 1.43. The van der Waals surface area contributed by atoms with Gasteiger partial charge in [0, 0.05) is 0 Å². The molecule has 0 radical (unpaired) electrons. The molecule has 1 aromatic carbocycles. The molecular weight excluding hydrogens is 128 g/mol. The molecule has 1 aromatic rings. The second-order valence-electron chi connectivity index (χ2n) is 2.08. The number of hydrogen-bond donors (Lipinski definition) is 2. The maximum atomic E-state index is 6.00. The topological polar surface area (TPSA) is 40.5 Å². The number of rotatable bonds is 0. The van der Waals surface area contributed by atoms with Gasteiger partial charge in [-0.2, -0.15) is 0 Å². The Bertz CT molecular complexity index is 163. The fourth-order valence-corrected chi connectivity index (χ4v) is 0.663. The van der Waals surface area contributed by atoms with Gasteiger partial charge in [0.05, 0.1) is 0 Å². The van der Waals surface area contributed by atoms with Crippen LogP contribution in [0.1, 0.15) is 11.1 Å². The van der Waals surface area contributed by atoms with Crippen LogP contribution in [0.3, 0.4) is 0 Å². The molecule has 2 heteroatoms. The van der Waals surface area contributed by atoms with E-state index in [1.807, 2.05) is 0 Å². The lowest BCUT2D eigenvalue weighted by Gasteiger charge is -1.93. The maximum Gasteiger partial charge on any atom is -0.0395 e. The van der Waals surface area contributed by atoms with E-state index in [4.69, 9.17) is 10.5 Å². The lowest BCUT2D eigenvalue weighted by atomic mass is 10.1. The first-order chi connectivity index (χ1) is 4.80. The quantitative estimate of drug-likeness (QED) is 0.429. The summed E-state index contributed by atoms with van der Waals surface area (Å²) in [6, 6.07) is 8.36. The van der Waals surface area contributed by atoms with Crippen molar-refractivity contribution in [2.75, 3.05) is 0 Å². The number of benzene rings is 1. The molecule has 0 aliphatic rings. The molecule has 0 aliphatic carbocycles. The summed E-state index contributed by atoms with van der Waals surface area (Å²) in [5.41, 5.74) is 2.74. The fourth-order valence-electron chi connectivity index (χ4n) is 0.663. The van der Waals surface area contributed by atoms with Crippen molar-refractivity contribution >= 4 is 0 Å². The molecule has 10 heavy (non-hydrogen) atoms. The summed E-state index contributed by atoms with van der Waals surface area (Å²) >= 11 is 0. The highest BCUT2D eigenvalue weighted by atomic mass is 17.0. The molecule has 0 amide bonds. The van der Waals surface area contributed by atoms with Crippen molar-refractivity contribution in [3.05, 3.63) is 35.4 Å². The van der Waals surface area contributed by atoms with E-state index in [1.54, 1.807) is 0 Å². The van der Waals surface area contributed by atoms with Crippen LogP contribution in [0.4, 0.5) is 0 Å². The predicted octanol–water partition coefficient (Wildman–Crippen LogP) is 2.32. The van der Waals surface area contributed by atoms with E-state index in [9.17, 15) is 0 Å². The molecule has 56 valence electrons. The molecular formula is C8H12O2. The third-order valence-electron chi connectivity index (χ3n) is 1.43. The Balaban J connectivity index is 0.000000371. The lowest BCUT2D eigenvalue weighted by Crippen LogP contribution is -1.74. The van der Waals surface area contributed by atoms with Crippen LogP contribution in [-0.4, -0.2) is 10.5 Å². The monoisotopic (exact) mass is 140 g/mol. The van der Waals surface area contributed by atoms with Crippen LogP contribution in [-0.2, 0) is 0 Å². The zero-order valence-electron chi connectivity index (χ0n) is 6.20. The molecule has 0 spiro atoms. The van der Waals surface area contributed by atoms with Crippen LogP contribution in [0, 0.1) is 13.8 Å². The summed E-state index contributed by atoms with van der Waals surface area (Å²) in [5, 5.41) is 12.0. The Hall–Kier alpha value is -0.860. The first-order valence-electron chi connectivity index (χ1n) is 3.03. The SMILES string of the molecule is Cc1ccccc1C.OO. The zero-order valence-corrected chi connectivity index (χ0v) is 6.20. The zero-order chi connectivity index (χ0) is 7.98. The lowest BCUT2D eigenvalue weighted by molar-refractivity contribution is -0.176. The van der Waals surface area contributed by atoms with Crippen LogP contribution in [0.2, 0.25) is 0 Å². The van der Waals surface area contributed by atoms with Crippen molar-refractivity contribution in [3.63, 3.8) is 0 Å². The summed E-state index contributed by atoms with van der Waals surface area (Å²) in [7, 11) is 0. The van der Waals surface area contributed by atoms with Crippen molar-refractivity contribution in [1.82, 2.24) is 0 Å². The van der Waals surface area contributed by atoms with Crippen LogP contribution in [0.5, 0.6) is 0 Å². The van der Waals surface area contributed by atoms with Crippen LogP contribution in [0.25, 0.3) is 0 Å². The summed E-state index contributed by atoms with van der Waals surface area (Å²) in [6.45, 7) is 4.24. The van der Waals surface area contributed by atoms with Gasteiger partial charge in [-0.3, -0.25) is 10.5 Å². The highest BCUT2D eigenvalue weighted by Crippen LogP contribution is 2.02. The molecule has 0 saturated carbocycles. The minimum atomic E-state index is 1.37. The van der Waals surface area contributed by atoms with Crippen LogP contribution in [0.15, 0.2) is 24.3 Å². The highest BCUT2D eigenvalue weighted by molar-refractivity contribution is 5.23. The summed E-state index contributed by atoms with van der Waals surface area (Å²) in [6.07, 6.45) is 0. The van der Waals surface area contributed by atoms with Gasteiger partial charge in [0.15, 0.2) is 0 Å². The van der Waals surface area contributed by atoms with Gasteiger partial charge in [-0.25, -0.2) is 0 Å². The second-order valence-corrected chi connectivity index (χ2v) is 2.08. The Morgan fingerprint density at radius 1 is 0.900 bits per heavy atom. The third kappa shape index (κ3) is 2.62. The number of hydrogen-bond acceptors (Lipinski definition) is 2. The first-order valence-corrected chi connectivity index (χ1v) is 3.03. The minimum Gasteiger partial charge on any atom is -0.255 e. The summed E-state index contributed by atoms with van der Waals surface area (Å²) in [4.78, 5) is 0. The molecule has 0 aromatic heterocycles. The predicted molar refractivity (Wildman–Crippen MR) is 41.2 cm³/mol. The van der Waals surface area contributed by atoms with E-state index >= 15 is 0 Å². The summed E-state index contributed by atoms with van der Waals surface area (Å²) < 4.78 is 0. The van der Waals surface area contributed by atoms with Gasteiger partial charge in [-0.05, 0) is 25.0 Å². The summed E-state index contributed by atoms with van der Waals surface area (Å²) in [5.74, 6) is 0. The standard InChI is InChI=1S/C8H10.H2O2/c1-7-5-3-4-6-8(7)2;1-2/h3-6H,1-2H3;1-2H. The normalized spacial score (nSPS) is 8.00. The minimum absolute atomic E-state index is 1.37. The molecule has 0 heterocycles. The van der Waals surface area contributed by atoms with E-state index in [0.717, 1.165) is 0 Å². The van der Waals surface area contributed by atoms with Gasteiger partial charge in [0.25, 0.3) is 0 Å². The van der Waals surface area contributed by atoms with Gasteiger partial charge < -0.3 is 0 Å². The molecule has 2 N–H and O–H groups in total. The average Bonchev–Trinajstić information content (AvgIpc) is 2.00. The number of aryl methyl sites for hydroxylation is 2. The van der Waals surface area contributed by atoms with Gasteiger partial charge in [0.1, 0.15) is 0 Å². The van der Waals surface area contributed by atoms with Gasteiger partial charge >= 0.3 is 0 Å². The molecule has 0 bridgehead atoms. The van der Waals surface area contributed by atoms with Crippen molar-refractivity contribution in [2.45, 2.75) is 13.8 Å². The van der Waals surface area contributed by atoms with Gasteiger partial charge in [-0.1, -0.05) is 24.3 Å². The van der Waals surface area contributed by atoms with Gasteiger partial charge in [0.2, 0.25) is 0 Å². The molecule has 0 unspecified atom stereocenters. The molecule has 0 aliphatic heterocycles. The van der Waals surface area contributed by atoms with Crippen LogP contribution < -0.4 is 0 Å². The Morgan fingerprint density at radius 2 is 1.20 bits per heavy atom. The van der Waals surface area contributed by atoms with Crippen LogP contribution >= 0.6 is 0 Å². The highest BCUT2D eigenvalue weighted by Gasteiger charge is 1.83. The molecule has 2 nitrogen and oxygen atoms in total. The first kappa shape index (κ1) is 9.14. The van der Waals surface area contributed by atoms with E-state index in [0.29, 0.717) is 0 Å². The maximum absolute atomic E-state index is 6.00. The molecule has 0 fully saturated rings. The van der Waals surface area contributed by atoms with E-state index in [1.165, 1.54) is 11.1 Å².